The summed E-state index contributed by atoms with van der Waals surface area (Å²) in [5, 5.41) is 6.54. The third kappa shape index (κ3) is 6.24. The number of carbonyl (C=O) groups excluding carboxylic acids is 1. The first-order valence-corrected chi connectivity index (χ1v) is 9.45. The fourth-order valence-corrected chi connectivity index (χ4v) is 4.21. The summed E-state index contributed by atoms with van der Waals surface area (Å²) in [7, 11) is 1.67. The second kappa shape index (κ2) is 12.3. The number of rotatable bonds is 8. The number of nitrogens with one attached hydrogen (secondary N) is 2. The molecule has 7 heteroatoms. The lowest BCUT2D eigenvalue weighted by Gasteiger charge is -2.37. The van der Waals surface area contributed by atoms with Crippen molar-refractivity contribution in [1.29, 1.82) is 0 Å². The van der Waals surface area contributed by atoms with Gasteiger partial charge in [-0.3, -0.25) is 9.69 Å². The van der Waals surface area contributed by atoms with E-state index in [0.717, 1.165) is 32.5 Å². The molecule has 0 bridgehead atoms. The molecular weight excluding hydrogens is 361 g/mol. The Kier molecular flexibility index (Phi) is 12.3. The normalized spacial score (nSPS) is 21.3. The fraction of sp³-hybridized carbons (Fsp3) is 0.944. The van der Waals surface area contributed by atoms with Crippen LogP contribution in [-0.2, 0) is 9.53 Å². The molecule has 0 aromatic heterocycles. The Morgan fingerprint density at radius 1 is 1.16 bits per heavy atom. The quantitative estimate of drug-likeness (QED) is 0.660. The summed E-state index contributed by atoms with van der Waals surface area (Å²) < 4.78 is 5.65. The molecule has 0 aliphatic carbocycles. The van der Waals surface area contributed by atoms with Gasteiger partial charge in [-0.2, -0.15) is 0 Å². The van der Waals surface area contributed by atoms with Gasteiger partial charge >= 0.3 is 0 Å². The van der Waals surface area contributed by atoms with E-state index in [9.17, 15) is 4.79 Å². The van der Waals surface area contributed by atoms with Crippen molar-refractivity contribution < 1.29 is 9.53 Å². The van der Waals surface area contributed by atoms with Crippen molar-refractivity contribution in [3.05, 3.63) is 0 Å². The average Bonchev–Trinajstić information content (AvgIpc) is 3.13. The lowest BCUT2D eigenvalue weighted by atomic mass is 9.90. The summed E-state index contributed by atoms with van der Waals surface area (Å²) in [6, 6.07) is 0.465. The molecule has 0 aromatic rings. The van der Waals surface area contributed by atoms with Gasteiger partial charge in [0, 0.05) is 19.7 Å². The van der Waals surface area contributed by atoms with Gasteiger partial charge in [-0.25, -0.2) is 0 Å². The van der Waals surface area contributed by atoms with E-state index < -0.39 is 5.60 Å². The van der Waals surface area contributed by atoms with Crippen LogP contribution in [-0.4, -0.2) is 62.3 Å². The first-order chi connectivity index (χ1) is 11.2. The van der Waals surface area contributed by atoms with Crippen molar-refractivity contribution >= 4 is 30.7 Å². The Balaban J connectivity index is 0.00000288. The highest BCUT2D eigenvalue weighted by Crippen LogP contribution is 2.25. The summed E-state index contributed by atoms with van der Waals surface area (Å²) >= 11 is 0. The molecular formula is C18H37Cl2N3O2. The zero-order chi connectivity index (χ0) is 16.7. The van der Waals surface area contributed by atoms with E-state index in [4.69, 9.17) is 4.74 Å². The summed E-state index contributed by atoms with van der Waals surface area (Å²) in [5.41, 5.74) is -0.630. The number of nitrogens with zero attached hydrogens (tertiary/aromatic N) is 1. The first-order valence-electron chi connectivity index (χ1n) is 9.45. The monoisotopic (exact) mass is 397 g/mol. The minimum Gasteiger partial charge on any atom is -0.368 e. The largest absolute Gasteiger partial charge is 0.368 e. The van der Waals surface area contributed by atoms with Crippen molar-refractivity contribution in [3.8, 4) is 0 Å². The lowest BCUT2D eigenvalue weighted by molar-refractivity contribution is -0.147. The SMILES string of the molecule is CCC(CC)C(CNC(=O)C1(OC)CCNCC1)N1CCCC1.Cl.Cl. The van der Waals surface area contributed by atoms with Gasteiger partial charge in [0.2, 0.25) is 0 Å². The fourth-order valence-electron chi connectivity index (χ4n) is 4.21. The van der Waals surface area contributed by atoms with Crippen LogP contribution < -0.4 is 10.6 Å². The van der Waals surface area contributed by atoms with Gasteiger partial charge < -0.3 is 15.4 Å². The number of hydrogen-bond donors (Lipinski definition) is 2. The van der Waals surface area contributed by atoms with Crippen LogP contribution in [0, 0.1) is 5.92 Å². The minimum absolute atomic E-state index is 0. The van der Waals surface area contributed by atoms with Crippen LogP contribution in [0.3, 0.4) is 0 Å². The molecule has 1 unspecified atom stereocenters. The van der Waals surface area contributed by atoms with Gasteiger partial charge in [0.1, 0.15) is 5.60 Å². The van der Waals surface area contributed by atoms with E-state index in [-0.39, 0.29) is 30.7 Å². The zero-order valence-electron chi connectivity index (χ0n) is 16.0. The van der Waals surface area contributed by atoms with Gasteiger partial charge in [0.05, 0.1) is 0 Å². The number of amides is 1. The third-order valence-corrected chi connectivity index (χ3v) is 5.89. The standard InChI is InChI=1S/C18H35N3O2.2ClH/c1-4-15(5-2)16(21-12-6-7-13-21)14-20-17(22)18(23-3)8-10-19-11-9-18;;/h15-16,19H,4-14H2,1-3H3,(H,20,22);2*1H. The number of hydrogen-bond acceptors (Lipinski definition) is 4. The number of carbonyl (C=O) groups is 1. The van der Waals surface area contributed by atoms with Gasteiger partial charge in [-0.1, -0.05) is 26.7 Å². The summed E-state index contributed by atoms with van der Waals surface area (Å²) in [6.45, 7) is 9.34. The van der Waals surface area contributed by atoms with Crippen molar-refractivity contribution in [2.75, 3.05) is 39.8 Å². The third-order valence-electron chi connectivity index (χ3n) is 5.89. The van der Waals surface area contributed by atoms with E-state index in [1.807, 2.05) is 0 Å². The highest BCUT2D eigenvalue weighted by molar-refractivity contribution is 5.86. The Bertz CT molecular complexity index is 367. The Labute approximate surface area is 165 Å². The van der Waals surface area contributed by atoms with Crippen LogP contribution in [0.2, 0.25) is 0 Å². The van der Waals surface area contributed by atoms with E-state index in [1.54, 1.807) is 7.11 Å². The Morgan fingerprint density at radius 2 is 1.72 bits per heavy atom. The van der Waals surface area contributed by atoms with Crippen LogP contribution >= 0.6 is 24.8 Å². The highest BCUT2D eigenvalue weighted by atomic mass is 35.5. The predicted octanol–water partition coefficient (Wildman–Crippen LogP) is 2.62. The van der Waals surface area contributed by atoms with Gasteiger partial charge in [0.15, 0.2) is 0 Å². The molecule has 0 spiro atoms. The number of piperidine rings is 1. The smallest absolute Gasteiger partial charge is 0.252 e. The van der Waals surface area contributed by atoms with Gasteiger partial charge in [-0.05, 0) is 57.8 Å². The van der Waals surface area contributed by atoms with Crippen molar-refractivity contribution in [1.82, 2.24) is 15.5 Å². The number of methoxy groups -OCH3 is 1. The molecule has 1 amide bonds. The molecule has 2 aliphatic rings. The topological polar surface area (TPSA) is 53.6 Å². The molecule has 2 fully saturated rings. The van der Waals surface area contributed by atoms with Gasteiger partial charge in [0.25, 0.3) is 5.91 Å². The van der Waals surface area contributed by atoms with Crippen LogP contribution in [0.15, 0.2) is 0 Å². The molecule has 0 aromatic carbocycles. The summed E-state index contributed by atoms with van der Waals surface area (Å²) in [6.07, 6.45) is 6.44. The van der Waals surface area contributed by atoms with E-state index in [1.165, 1.54) is 38.8 Å². The van der Waals surface area contributed by atoms with Crippen LogP contribution in [0.25, 0.3) is 0 Å². The number of ether oxygens (including phenoxy) is 1. The maximum absolute atomic E-state index is 12.8. The molecule has 150 valence electrons. The average molecular weight is 398 g/mol. The second-order valence-corrected chi connectivity index (χ2v) is 7.05. The molecule has 25 heavy (non-hydrogen) atoms. The molecule has 2 saturated heterocycles. The minimum atomic E-state index is -0.630. The molecule has 2 rings (SSSR count). The molecule has 0 saturated carbocycles. The first kappa shape index (κ1) is 24.9. The van der Waals surface area contributed by atoms with Crippen molar-refractivity contribution in [2.24, 2.45) is 5.92 Å². The van der Waals surface area contributed by atoms with Gasteiger partial charge in [-0.15, -0.1) is 24.8 Å². The predicted molar refractivity (Wildman–Crippen MR) is 108 cm³/mol. The van der Waals surface area contributed by atoms with Crippen molar-refractivity contribution in [2.45, 2.75) is 64.0 Å². The number of likely N-dealkylation sites (tertiary alicyclic amines) is 1. The van der Waals surface area contributed by atoms with Crippen LogP contribution in [0.5, 0.6) is 0 Å². The maximum Gasteiger partial charge on any atom is 0.252 e. The lowest BCUT2D eigenvalue weighted by Crippen LogP contribution is -2.56. The molecule has 1 atom stereocenters. The van der Waals surface area contributed by atoms with Crippen molar-refractivity contribution in [3.63, 3.8) is 0 Å². The molecule has 0 radical (unpaired) electrons. The van der Waals surface area contributed by atoms with Crippen LogP contribution in [0.4, 0.5) is 0 Å². The van der Waals surface area contributed by atoms with Crippen LogP contribution in [0.1, 0.15) is 52.4 Å². The van der Waals surface area contributed by atoms with E-state index in [2.05, 4.69) is 29.4 Å². The molecule has 2 heterocycles. The summed E-state index contributed by atoms with van der Waals surface area (Å²) in [4.78, 5) is 15.4. The van der Waals surface area contributed by atoms with E-state index >= 15 is 0 Å². The second-order valence-electron chi connectivity index (χ2n) is 7.05. The molecule has 2 N–H and O–H groups in total. The maximum atomic E-state index is 12.8. The molecule has 5 nitrogen and oxygen atoms in total. The Morgan fingerprint density at radius 3 is 2.20 bits per heavy atom. The number of halogens is 2. The Hall–Kier alpha value is -0.0700. The highest BCUT2D eigenvalue weighted by Gasteiger charge is 2.40. The zero-order valence-corrected chi connectivity index (χ0v) is 17.6. The summed E-state index contributed by atoms with van der Waals surface area (Å²) in [5.74, 6) is 0.733. The molecule has 2 aliphatic heterocycles. The van der Waals surface area contributed by atoms with E-state index in [0.29, 0.717) is 12.0 Å².